The van der Waals surface area contributed by atoms with Crippen LogP contribution < -0.4 is 5.56 Å². The second kappa shape index (κ2) is 4.18. The molecule has 0 aliphatic heterocycles. The van der Waals surface area contributed by atoms with Gasteiger partial charge in [0.1, 0.15) is 11.6 Å². The van der Waals surface area contributed by atoms with Gasteiger partial charge in [-0.2, -0.15) is 5.26 Å². The van der Waals surface area contributed by atoms with Crippen molar-refractivity contribution in [3.05, 3.63) is 27.0 Å². The fraction of sp³-hybridized carbons (Fsp3) is 0.455. The van der Waals surface area contributed by atoms with E-state index in [0.29, 0.717) is 24.1 Å². The van der Waals surface area contributed by atoms with Gasteiger partial charge in [0.05, 0.1) is 0 Å². The van der Waals surface area contributed by atoms with Crippen LogP contribution in [0.15, 0.2) is 4.79 Å². The average molecular weight is 206 g/mol. The number of aromatic nitrogens is 1. The van der Waals surface area contributed by atoms with Gasteiger partial charge in [0, 0.05) is 12.1 Å². The van der Waals surface area contributed by atoms with Crippen LogP contribution >= 0.6 is 0 Å². The minimum absolute atomic E-state index is 0.0125. The molecule has 0 aliphatic carbocycles. The molecule has 15 heavy (non-hydrogen) atoms. The highest BCUT2D eigenvalue weighted by atomic mass is 16.3. The van der Waals surface area contributed by atoms with Gasteiger partial charge in [-0.25, -0.2) is 0 Å². The third kappa shape index (κ3) is 1.61. The molecular formula is C11H14N2O2. The van der Waals surface area contributed by atoms with Crippen LogP contribution in [0.2, 0.25) is 0 Å². The first kappa shape index (κ1) is 11.3. The van der Waals surface area contributed by atoms with E-state index in [1.54, 1.807) is 13.8 Å². The molecule has 80 valence electrons. The number of aromatic hydroxyl groups is 1. The van der Waals surface area contributed by atoms with E-state index in [9.17, 15) is 9.90 Å². The Morgan fingerprint density at radius 2 is 2.07 bits per heavy atom. The van der Waals surface area contributed by atoms with Crippen LogP contribution in [0.25, 0.3) is 0 Å². The number of rotatable bonds is 2. The second-order valence-electron chi connectivity index (χ2n) is 3.32. The van der Waals surface area contributed by atoms with Crippen LogP contribution in [0.3, 0.4) is 0 Å². The van der Waals surface area contributed by atoms with Crippen molar-refractivity contribution in [1.82, 2.24) is 4.57 Å². The summed E-state index contributed by atoms with van der Waals surface area (Å²) >= 11 is 0. The standard InChI is InChI=1S/C11H14N2O2/c1-4-8-7(3)9(6-12)11(15)13(5-2)10(8)14/h14H,4-5H2,1-3H3. The third-order valence-electron chi connectivity index (χ3n) is 2.59. The topological polar surface area (TPSA) is 66.0 Å². The molecule has 0 amide bonds. The maximum atomic E-state index is 11.7. The molecule has 0 saturated carbocycles. The molecular weight excluding hydrogens is 192 g/mol. The summed E-state index contributed by atoms with van der Waals surface area (Å²) in [6.45, 7) is 5.70. The maximum Gasteiger partial charge on any atom is 0.271 e. The van der Waals surface area contributed by atoms with E-state index in [1.807, 2.05) is 13.0 Å². The molecule has 1 aromatic heterocycles. The summed E-state index contributed by atoms with van der Waals surface area (Å²) in [7, 11) is 0. The van der Waals surface area contributed by atoms with E-state index in [2.05, 4.69) is 0 Å². The molecule has 0 fully saturated rings. The Bertz CT molecular complexity index is 481. The monoisotopic (exact) mass is 206 g/mol. The lowest BCUT2D eigenvalue weighted by Crippen LogP contribution is -2.24. The minimum Gasteiger partial charge on any atom is -0.494 e. The highest BCUT2D eigenvalue weighted by molar-refractivity contribution is 5.45. The Labute approximate surface area is 88.4 Å². The Kier molecular flexibility index (Phi) is 3.15. The Morgan fingerprint density at radius 3 is 2.47 bits per heavy atom. The quantitative estimate of drug-likeness (QED) is 0.793. The number of nitriles is 1. The van der Waals surface area contributed by atoms with E-state index < -0.39 is 5.56 Å². The van der Waals surface area contributed by atoms with Crippen molar-refractivity contribution in [1.29, 1.82) is 5.26 Å². The molecule has 4 nitrogen and oxygen atoms in total. The lowest BCUT2D eigenvalue weighted by molar-refractivity contribution is 0.403. The van der Waals surface area contributed by atoms with Crippen molar-refractivity contribution in [2.45, 2.75) is 33.7 Å². The van der Waals surface area contributed by atoms with Gasteiger partial charge in [-0.15, -0.1) is 0 Å². The fourth-order valence-corrected chi connectivity index (χ4v) is 1.72. The van der Waals surface area contributed by atoms with Gasteiger partial charge in [-0.3, -0.25) is 9.36 Å². The molecule has 0 aliphatic rings. The smallest absolute Gasteiger partial charge is 0.271 e. The van der Waals surface area contributed by atoms with Crippen LogP contribution in [0.4, 0.5) is 0 Å². The molecule has 1 aromatic rings. The summed E-state index contributed by atoms with van der Waals surface area (Å²) in [6.07, 6.45) is 0.604. The summed E-state index contributed by atoms with van der Waals surface area (Å²) in [5, 5.41) is 18.7. The number of nitrogens with zero attached hydrogens (tertiary/aromatic N) is 2. The molecule has 0 atom stereocenters. The zero-order chi connectivity index (χ0) is 11.6. The Balaban J connectivity index is 3.75. The zero-order valence-electron chi connectivity index (χ0n) is 9.16. The molecule has 1 N–H and O–H groups in total. The first-order valence-electron chi connectivity index (χ1n) is 4.93. The molecule has 0 radical (unpaired) electrons. The second-order valence-corrected chi connectivity index (χ2v) is 3.32. The lowest BCUT2D eigenvalue weighted by atomic mass is 10.0. The van der Waals surface area contributed by atoms with Gasteiger partial charge in [-0.1, -0.05) is 6.92 Å². The number of pyridine rings is 1. The van der Waals surface area contributed by atoms with E-state index in [1.165, 1.54) is 4.57 Å². The first-order chi connectivity index (χ1) is 7.08. The molecule has 0 unspecified atom stereocenters. The van der Waals surface area contributed by atoms with Crippen molar-refractivity contribution in [3.8, 4) is 11.9 Å². The molecule has 1 heterocycles. The molecule has 0 spiro atoms. The van der Waals surface area contributed by atoms with Crippen molar-refractivity contribution in [3.63, 3.8) is 0 Å². The Morgan fingerprint density at radius 1 is 1.47 bits per heavy atom. The highest BCUT2D eigenvalue weighted by Gasteiger charge is 2.16. The number of hydrogen-bond donors (Lipinski definition) is 1. The van der Waals surface area contributed by atoms with Gasteiger partial charge < -0.3 is 5.11 Å². The van der Waals surface area contributed by atoms with Crippen LogP contribution in [0, 0.1) is 18.3 Å². The summed E-state index contributed by atoms with van der Waals surface area (Å²) in [4.78, 5) is 11.7. The van der Waals surface area contributed by atoms with Crippen LogP contribution in [-0.2, 0) is 13.0 Å². The van der Waals surface area contributed by atoms with E-state index in [-0.39, 0.29) is 11.4 Å². The normalized spacial score (nSPS) is 10.0. The lowest BCUT2D eigenvalue weighted by Gasteiger charge is -2.13. The number of hydrogen-bond acceptors (Lipinski definition) is 3. The van der Waals surface area contributed by atoms with Gasteiger partial charge in [0.2, 0.25) is 0 Å². The van der Waals surface area contributed by atoms with E-state index in [4.69, 9.17) is 5.26 Å². The predicted molar refractivity (Wildman–Crippen MR) is 56.9 cm³/mol. The first-order valence-corrected chi connectivity index (χ1v) is 4.93. The predicted octanol–water partition coefficient (Wildman–Crippen LogP) is 1.32. The molecule has 0 bridgehead atoms. The summed E-state index contributed by atoms with van der Waals surface area (Å²) < 4.78 is 1.23. The van der Waals surface area contributed by atoms with Gasteiger partial charge in [0.15, 0.2) is 5.88 Å². The van der Waals surface area contributed by atoms with Crippen molar-refractivity contribution in [2.24, 2.45) is 0 Å². The highest BCUT2D eigenvalue weighted by Crippen LogP contribution is 2.21. The maximum absolute atomic E-state index is 11.7. The molecule has 0 aromatic carbocycles. The zero-order valence-corrected chi connectivity index (χ0v) is 9.16. The largest absolute Gasteiger partial charge is 0.494 e. The van der Waals surface area contributed by atoms with Crippen molar-refractivity contribution in [2.75, 3.05) is 0 Å². The van der Waals surface area contributed by atoms with E-state index in [0.717, 1.165) is 0 Å². The van der Waals surface area contributed by atoms with Gasteiger partial charge in [-0.05, 0) is 25.8 Å². The molecule has 1 rings (SSSR count). The minimum atomic E-state index is -0.410. The van der Waals surface area contributed by atoms with Crippen molar-refractivity contribution < 1.29 is 5.11 Å². The van der Waals surface area contributed by atoms with Gasteiger partial charge in [0.25, 0.3) is 5.56 Å². The molecule has 4 heteroatoms. The van der Waals surface area contributed by atoms with Gasteiger partial charge >= 0.3 is 0 Å². The van der Waals surface area contributed by atoms with Crippen LogP contribution in [0.5, 0.6) is 5.88 Å². The molecule has 0 saturated heterocycles. The summed E-state index contributed by atoms with van der Waals surface area (Å²) in [5.74, 6) is -0.0125. The van der Waals surface area contributed by atoms with Crippen LogP contribution in [-0.4, -0.2) is 9.67 Å². The SMILES string of the molecule is CCc1c(C)c(C#N)c(=O)n(CC)c1O. The fourth-order valence-electron chi connectivity index (χ4n) is 1.72. The van der Waals surface area contributed by atoms with Crippen LogP contribution in [0.1, 0.15) is 30.5 Å². The average Bonchev–Trinajstić information content (AvgIpc) is 2.19. The van der Waals surface area contributed by atoms with E-state index >= 15 is 0 Å². The van der Waals surface area contributed by atoms with Crippen molar-refractivity contribution >= 4 is 0 Å². The Hall–Kier alpha value is -1.76. The summed E-state index contributed by atoms with van der Waals surface area (Å²) in [5.41, 5.74) is 0.985. The third-order valence-corrected chi connectivity index (χ3v) is 2.59. The summed E-state index contributed by atoms with van der Waals surface area (Å²) in [6, 6.07) is 1.90.